The van der Waals surface area contributed by atoms with Gasteiger partial charge in [-0.25, -0.2) is 4.79 Å². The van der Waals surface area contributed by atoms with Crippen molar-refractivity contribution < 1.29 is 53.3 Å². The molecule has 5 aromatic rings. The zero-order chi connectivity index (χ0) is 42.4. The van der Waals surface area contributed by atoms with Gasteiger partial charge in [-0.15, -0.1) is 0 Å². The van der Waals surface area contributed by atoms with Crippen molar-refractivity contribution in [3.05, 3.63) is 135 Å². The second-order valence-electron chi connectivity index (χ2n) is 13.0. The molecular weight excluding hydrogens is 829 g/mol. The number of carbonyl (C=O) groups excluding carboxylic acids is 3. The van der Waals surface area contributed by atoms with E-state index < -0.39 is 69.2 Å². The maximum absolute atomic E-state index is 13.5. The fourth-order valence-corrected chi connectivity index (χ4v) is 7.89. The van der Waals surface area contributed by atoms with Crippen LogP contribution in [0.3, 0.4) is 0 Å². The van der Waals surface area contributed by atoms with Crippen LogP contribution in [0.5, 0.6) is 0 Å². The Morgan fingerprint density at radius 1 is 0.525 bits per heavy atom. The molecule has 0 aromatic heterocycles. The van der Waals surface area contributed by atoms with Gasteiger partial charge in [0.2, 0.25) is 11.6 Å². The molecular formula is C38H28N6O12S3. The SMILES string of the molecule is Cc1ccc(N/N=C2\C(=O)c3ccc(NC(=O)Nc4ccc5c(c4)C=C(S(=O)(=O)O)/C(=N/Nc4ccc6cc(S(=O)(=O)O)ccc6c4)C5=O)cc3C=C2S(=O)(=O)O)cc1. The predicted octanol–water partition coefficient (Wildman–Crippen LogP) is 5.83. The van der Waals surface area contributed by atoms with E-state index in [0.29, 0.717) is 16.5 Å². The van der Waals surface area contributed by atoms with Crippen molar-refractivity contribution in [1.29, 1.82) is 0 Å². The first-order valence-corrected chi connectivity index (χ1v) is 21.2. The summed E-state index contributed by atoms with van der Waals surface area (Å²) in [4.78, 5) is 38.0. The average molecular weight is 857 g/mol. The van der Waals surface area contributed by atoms with E-state index in [2.05, 4.69) is 31.7 Å². The summed E-state index contributed by atoms with van der Waals surface area (Å²) in [7, 11) is -14.4. The van der Waals surface area contributed by atoms with E-state index in [-0.39, 0.29) is 44.2 Å². The van der Waals surface area contributed by atoms with Gasteiger partial charge >= 0.3 is 6.03 Å². The van der Waals surface area contributed by atoms with Crippen molar-refractivity contribution in [2.75, 3.05) is 21.5 Å². The second kappa shape index (κ2) is 15.1. The molecule has 0 aliphatic heterocycles. The number of nitrogens with one attached hydrogen (secondary N) is 4. The Bertz CT molecular complexity index is 3140. The van der Waals surface area contributed by atoms with Gasteiger partial charge in [0.05, 0.1) is 16.3 Å². The topological polar surface area (TPSA) is 287 Å². The van der Waals surface area contributed by atoms with E-state index in [1.165, 1.54) is 72.8 Å². The number of allylic oxidation sites excluding steroid dienone is 2. The number of Topliss-reactive ketones (excluding diaryl/α,β-unsaturated/α-hetero) is 2. The van der Waals surface area contributed by atoms with Crippen molar-refractivity contribution in [3.8, 4) is 0 Å². The van der Waals surface area contributed by atoms with Gasteiger partial charge in [0.1, 0.15) is 9.81 Å². The molecule has 0 bridgehead atoms. The smallest absolute Gasteiger partial charge is 0.308 e. The molecule has 0 unspecified atom stereocenters. The normalized spacial score (nSPS) is 15.6. The number of amides is 2. The lowest BCUT2D eigenvalue weighted by Crippen LogP contribution is -2.27. The number of hydrazone groups is 2. The van der Waals surface area contributed by atoms with E-state index in [0.717, 1.165) is 17.7 Å². The van der Waals surface area contributed by atoms with Crippen molar-refractivity contribution in [2.45, 2.75) is 11.8 Å². The first kappa shape index (κ1) is 40.3. The minimum Gasteiger partial charge on any atom is -0.308 e. The lowest BCUT2D eigenvalue weighted by molar-refractivity contribution is 0.105. The fraction of sp³-hybridized carbons (Fsp3) is 0.0263. The molecule has 0 saturated heterocycles. The molecule has 21 heteroatoms. The highest BCUT2D eigenvalue weighted by atomic mass is 32.2. The van der Waals surface area contributed by atoms with E-state index >= 15 is 0 Å². The largest absolute Gasteiger partial charge is 0.323 e. The molecule has 59 heavy (non-hydrogen) atoms. The van der Waals surface area contributed by atoms with Gasteiger partial charge in [0, 0.05) is 22.5 Å². The van der Waals surface area contributed by atoms with E-state index in [4.69, 9.17) is 0 Å². The van der Waals surface area contributed by atoms with Gasteiger partial charge in [-0.3, -0.25) is 34.1 Å². The quantitative estimate of drug-likeness (QED) is 0.0679. The summed E-state index contributed by atoms with van der Waals surface area (Å²) in [5, 5.41) is 13.9. The first-order chi connectivity index (χ1) is 27.7. The summed E-state index contributed by atoms with van der Waals surface area (Å²) in [6.07, 6.45) is 2.02. The number of nitrogens with zero attached hydrogens (tertiary/aromatic N) is 2. The summed E-state index contributed by atoms with van der Waals surface area (Å²) < 4.78 is 102. The van der Waals surface area contributed by atoms with Gasteiger partial charge < -0.3 is 10.6 Å². The number of ketones is 2. The standard InChI is InChI=1S/C38H28N6O12S3/c1-20-2-6-25(7-3-20)41-43-34-32(58(51,52)53)18-23-15-26(9-12-30(23)36(34)45)39-38(47)40-27-10-13-31-24(16-27)19-33(59(54,55)56)35(37(31)46)44-42-28-8-4-22-17-29(57(48,49)50)11-5-21(22)14-28/h2-19,41-42H,1H3,(H2,39,40,47)(H,48,49,50)(H,51,52,53)(H,54,55,56)/b43-34-,44-35-. The van der Waals surface area contributed by atoms with Crippen LogP contribution in [0.1, 0.15) is 37.4 Å². The molecule has 7 rings (SSSR count). The summed E-state index contributed by atoms with van der Waals surface area (Å²) in [6, 6.07) is 22.2. The van der Waals surface area contributed by atoms with Gasteiger partial charge in [0.15, 0.2) is 11.4 Å². The number of fused-ring (bicyclic) bond motifs is 3. The number of hydrogen-bond acceptors (Lipinski definition) is 13. The van der Waals surface area contributed by atoms with Crippen molar-refractivity contribution in [1.82, 2.24) is 0 Å². The summed E-state index contributed by atoms with van der Waals surface area (Å²) in [6.45, 7) is 1.86. The van der Waals surface area contributed by atoms with Gasteiger partial charge in [-0.1, -0.05) is 29.8 Å². The fourth-order valence-electron chi connectivity index (χ4n) is 6.05. The molecule has 18 nitrogen and oxygen atoms in total. The highest BCUT2D eigenvalue weighted by Gasteiger charge is 2.34. The third-order valence-corrected chi connectivity index (χ3v) is 11.5. The Morgan fingerprint density at radius 2 is 0.966 bits per heavy atom. The van der Waals surface area contributed by atoms with Crippen LogP contribution < -0.4 is 21.5 Å². The minimum atomic E-state index is -5.03. The monoisotopic (exact) mass is 856 g/mol. The maximum Gasteiger partial charge on any atom is 0.323 e. The summed E-state index contributed by atoms with van der Waals surface area (Å²) in [5.41, 5.74) is 5.86. The maximum atomic E-state index is 13.5. The van der Waals surface area contributed by atoms with Crippen molar-refractivity contribution in [2.24, 2.45) is 10.2 Å². The lowest BCUT2D eigenvalue weighted by atomic mass is 9.94. The van der Waals surface area contributed by atoms with Crippen LogP contribution in [-0.4, -0.2) is 67.9 Å². The zero-order valence-corrected chi connectivity index (χ0v) is 32.5. The average Bonchev–Trinajstić information content (AvgIpc) is 3.16. The van der Waals surface area contributed by atoms with Gasteiger partial charge in [0.25, 0.3) is 30.4 Å². The van der Waals surface area contributed by atoms with Crippen LogP contribution in [0.4, 0.5) is 27.5 Å². The molecule has 0 fully saturated rings. The summed E-state index contributed by atoms with van der Waals surface area (Å²) in [5.74, 6) is -1.71. The Kier molecular flexibility index (Phi) is 10.3. The zero-order valence-electron chi connectivity index (χ0n) is 30.0. The number of anilines is 4. The molecule has 0 heterocycles. The van der Waals surface area contributed by atoms with Crippen LogP contribution in [0.25, 0.3) is 22.9 Å². The minimum absolute atomic E-state index is 0.00392. The van der Waals surface area contributed by atoms with E-state index in [9.17, 15) is 53.3 Å². The number of rotatable bonds is 9. The molecule has 0 atom stereocenters. The van der Waals surface area contributed by atoms with E-state index in [1.807, 2.05) is 6.92 Å². The molecule has 2 amide bonds. The Labute approximate surface area is 335 Å². The summed E-state index contributed by atoms with van der Waals surface area (Å²) >= 11 is 0. The molecule has 300 valence electrons. The third-order valence-electron chi connectivity index (χ3n) is 8.89. The van der Waals surface area contributed by atoms with Crippen LogP contribution >= 0.6 is 0 Å². The number of urea groups is 1. The predicted molar refractivity (Wildman–Crippen MR) is 220 cm³/mol. The third kappa shape index (κ3) is 8.69. The number of hydrogen-bond donors (Lipinski definition) is 7. The Balaban J connectivity index is 1.09. The van der Waals surface area contributed by atoms with Crippen molar-refractivity contribution in [3.63, 3.8) is 0 Å². The highest BCUT2D eigenvalue weighted by Crippen LogP contribution is 2.31. The van der Waals surface area contributed by atoms with Crippen LogP contribution in [0.2, 0.25) is 0 Å². The van der Waals surface area contributed by atoms with E-state index in [1.54, 1.807) is 24.3 Å². The van der Waals surface area contributed by atoms with Crippen LogP contribution in [0, 0.1) is 6.92 Å². The Morgan fingerprint density at radius 3 is 1.46 bits per heavy atom. The van der Waals surface area contributed by atoms with Crippen LogP contribution in [-0.2, 0) is 30.4 Å². The van der Waals surface area contributed by atoms with Gasteiger partial charge in [-0.2, -0.15) is 35.5 Å². The molecule has 2 aliphatic carbocycles. The van der Waals surface area contributed by atoms with Gasteiger partial charge in [-0.05, 0) is 114 Å². The number of benzene rings is 5. The number of carbonyl (C=O) groups is 3. The number of aryl methyl sites for hydroxylation is 1. The Hall–Kier alpha value is -6.88. The van der Waals surface area contributed by atoms with Crippen LogP contribution in [0.15, 0.2) is 122 Å². The highest BCUT2D eigenvalue weighted by molar-refractivity contribution is 7.91. The molecule has 0 saturated carbocycles. The second-order valence-corrected chi connectivity index (χ2v) is 17.2. The molecule has 0 spiro atoms. The first-order valence-electron chi connectivity index (χ1n) is 16.8. The lowest BCUT2D eigenvalue weighted by Gasteiger charge is -2.18. The van der Waals surface area contributed by atoms with Crippen molar-refractivity contribution >= 4 is 105 Å². The molecule has 2 aliphatic rings. The molecule has 0 radical (unpaired) electrons. The molecule has 7 N–H and O–H groups in total. The molecule has 5 aromatic carbocycles.